The van der Waals surface area contributed by atoms with E-state index in [1.165, 1.54) is 18.4 Å². The summed E-state index contributed by atoms with van der Waals surface area (Å²) in [6.07, 6.45) is 0. The van der Waals surface area contributed by atoms with E-state index in [2.05, 4.69) is 5.32 Å². The van der Waals surface area contributed by atoms with E-state index >= 15 is 0 Å². The number of ether oxygens (including phenoxy) is 1. The molecule has 6 heteroatoms. The van der Waals surface area contributed by atoms with Crippen LogP contribution in [0.2, 0.25) is 4.34 Å². The molecular weight excluding hydrogens is 284 g/mol. The first-order valence-corrected chi connectivity index (χ1v) is 6.48. The maximum absolute atomic E-state index is 12.0. The number of hydrogen-bond donors (Lipinski definition) is 1. The van der Waals surface area contributed by atoms with Gasteiger partial charge in [-0.05, 0) is 24.3 Å². The van der Waals surface area contributed by atoms with Gasteiger partial charge in [-0.3, -0.25) is 4.79 Å². The van der Waals surface area contributed by atoms with Gasteiger partial charge in [0.2, 0.25) is 0 Å². The molecule has 2 rings (SSSR count). The van der Waals surface area contributed by atoms with Gasteiger partial charge < -0.3 is 10.1 Å². The first kappa shape index (κ1) is 13.4. The SMILES string of the molecule is COc1cc(C#N)ccc1NC(=O)c1ccc(Cl)s1. The molecule has 1 heterocycles. The number of halogens is 1. The average Bonchev–Trinajstić information content (AvgIpc) is 2.86. The Balaban J connectivity index is 2.24. The third-order valence-corrected chi connectivity index (χ3v) is 3.61. The Morgan fingerprint density at radius 2 is 2.21 bits per heavy atom. The summed E-state index contributed by atoms with van der Waals surface area (Å²) in [4.78, 5) is 12.5. The van der Waals surface area contributed by atoms with E-state index in [9.17, 15) is 4.79 Å². The number of nitrogens with zero attached hydrogens (tertiary/aromatic N) is 1. The van der Waals surface area contributed by atoms with Gasteiger partial charge in [-0.15, -0.1) is 11.3 Å². The molecule has 0 unspecified atom stereocenters. The van der Waals surface area contributed by atoms with Crippen LogP contribution in [-0.2, 0) is 0 Å². The van der Waals surface area contributed by atoms with Crippen molar-refractivity contribution in [2.24, 2.45) is 0 Å². The van der Waals surface area contributed by atoms with Gasteiger partial charge in [0.25, 0.3) is 5.91 Å². The van der Waals surface area contributed by atoms with E-state index in [1.807, 2.05) is 6.07 Å². The van der Waals surface area contributed by atoms with Gasteiger partial charge in [0, 0.05) is 6.07 Å². The summed E-state index contributed by atoms with van der Waals surface area (Å²) in [5.74, 6) is 0.176. The highest BCUT2D eigenvalue weighted by Gasteiger charge is 2.12. The molecule has 0 aliphatic rings. The molecule has 19 heavy (non-hydrogen) atoms. The van der Waals surface area contributed by atoms with Crippen molar-refractivity contribution in [1.82, 2.24) is 0 Å². The van der Waals surface area contributed by atoms with Crippen molar-refractivity contribution in [3.05, 3.63) is 45.1 Å². The normalized spacial score (nSPS) is 9.74. The van der Waals surface area contributed by atoms with Crippen molar-refractivity contribution < 1.29 is 9.53 Å². The molecule has 0 radical (unpaired) electrons. The van der Waals surface area contributed by atoms with Gasteiger partial charge in [-0.2, -0.15) is 5.26 Å². The van der Waals surface area contributed by atoms with Gasteiger partial charge >= 0.3 is 0 Å². The van der Waals surface area contributed by atoms with E-state index in [0.717, 1.165) is 0 Å². The van der Waals surface area contributed by atoms with E-state index in [4.69, 9.17) is 21.6 Å². The summed E-state index contributed by atoms with van der Waals surface area (Å²) < 4.78 is 5.69. The molecule has 1 aromatic heterocycles. The van der Waals surface area contributed by atoms with Crippen molar-refractivity contribution in [3.8, 4) is 11.8 Å². The van der Waals surface area contributed by atoms with Crippen LogP contribution in [-0.4, -0.2) is 13.0 Å². The molecule has 1 aromatic carbocycles. The predicted molar refractivity (Wildman–Crippen MR) is 75.0 cm³/mol. The van der Waals surface area contributed by atoms with E-state index in [1.54, 1.807) is 30.3 Å². The minimum atomic E-state index is -0.264. The standard InChI is InChI=1S/C13H9ClN2O2S/c1-18-10-6-8(7-15)2-3-9(10)16-13(17)11-4-5-12(14)19-11/h2-6H,1H3,(H,16,17). The van der Waals surface area contributed by atoms with E-state index in [-0.39, 0.29) is 5.91 Å². The number of methoxy groups -OCH3 is 1. The minimum absolute atomic E-state index is 0.264. The van der Waals surface area contributed by atoms with Crippen LogP contribution in [0.15, 0.2) is 30.3 Å². The van der Waals surface area contributed by atoms with Crippen molar-refractivity contribution in [2.45, 2.75) is 0 Å². The lowest BCUT2D eigenvalue weighted by molar-refractivity contribution is 0.103. The second-order valence-electron chi connectivity index (χ2n) is 3.58. The topological polar surface area (TPSA) is 62.1 Å². The Morgan fingerprint density at radius 3 is 2.79 bits per heavy atom. The number of nitriles is 1. The largest absolute Gasteiger partial charge is 0.495 e. The first-order chi connectivity index (χ1) is 9.13. The minimum Gasteiger partial charge on any atom is -0.495 e. The Morgan fingerprint density at radius 1 is 1.42 bits per heavy atom. The van der Waals surface area contributed by atoms with Gasteiger partial charge in [0.1, 0.15) is 5.75 Å². The zero-order valence-corrected chi connectivity index (χ0v) is 11.5. The number of thiophene rings is 1. The molecule has 2 aromatic rings. The van der Waals surface area contributed by atoms with Crippen molar-refractivity contribution in [3.63, 3.8) is 0 Å². The van der Waals surface area contributed by atoms with Crippen LogP contribution in [0.1, 0.15) is 15.2 Å². The molecule has 0 bridgehead atoms. The number of amides is 1. The lowest BCUT2D eigenvalue weighted by Gasteiger charge is -2.09. The van der Waals surface area contributed by atoms with Crippen LogP contribution in [0, 0.1) is 11.3 Å². The van der Waals surface area contributed by atoms with Crippen LogP contribution in [0.25, 0.3) is 0 Å². The van der Waals surface area contributed by atoms with Crippen LogP contribution < -0.4 is 10.1 Å². The number of nitrogens with one attached hydrogen (secondary N) is 1. The lowest BCUT2D eigenvalue weighted by Crippen LogP contribution is -2.11. The van der Waals surface area contributed by atoms with E-state index in [0.29, 0.717) is 26.2 Å². The second kappa shape index (κ2) is 5.74. The molecule has 0 atom stereocenters. The molecule has 0 saturated carbocycles. The van der Waals surface area contributed by atoms with Crippen LogP contribution >= 0.6 is 22.9 Å². The van der Waals surface area contributed by atoms with Crippen LogP contribution in [0.3, 0.4) is 0 Å². The highest BCUT2D eigenvalue weighted by atomic mass is 35.5. The van der Waals surface area contributed by atoms with Gasteiger partial charge in [0.05, 0.1) is 33.6 Å². The fourth-order valence-electron chi connectivity index (χ4n) is 1.48. The number of carbonyl (C=O) groups is 1. The Bertz CT molecular complexity index is 661. The summed E-state index contributed by atoms with van der Waals surface area (Å²) in [5.41, 5.74) is 0.977. The number of hydrogen-bond acceptors (Lipinski definition) is 4. The summed E-state index contributed by atoms with van der Waals surface area (Å²) in [5, 5.41) is 11.5. The Labute approximate surface area is 119 Å². The molecule has 1 N–H and O–H groups in total. The first-order valence-electron chi connectivity index (χ1n) is 5.29. The monoisotopic (exact) mass is 292 g/mol. The molecule has 0 spiro atoms. The Kier molecular flexibility index (Phi) is 4.05. The second-order valence-corrected chi connectivity index (χ2v) is 5.30. The molecule has 96 valence electrons. The molecule has 4 nitrogen and oxygen atoms in total. The summed E-state index contributed by atoms with van der Waals surface area (Å²) in [6, 6.07) is 10.1. The van der Waals surface area contributed by atoms with Gasteiger partial charge in [0.15, 0.2) is 0 Å². The van der Waals surface area contributed by atoms with Crippen molar-refractivity contribution in [2.75, 3.05) is 12.4 Å². The zero-order valence-electron chi connectivity index (χ0n) is 9.94. The average molecular weight is 293 g/mol. The fourth-order valence-corrected chi connectivity index (χ4v) is 2.42. The van der Waals surface area contributed by atoms with Gasteiger partial charge in [-0.1, -0.05) is 11.6 Å². The van der Waals surface area contributed by atoms with Crippen LogP contribution in [0.4, 0.5) is 5.69 Å². The maximum Gasteiger partial charge on any atom is 0.265 e. The molecule has 0 aliphatic heterocycles. The molecule has 1 amide bonds. The smallest absolute Gasteiger partial charge is 0.265 e. The molecule has 0 saturated heterocycles. The Hall–Kier alpha value is -2.03. The highest BCUT2D eigenvalue weighted by Crippen LogP contribution is 2.27. The van der Waals surface area contributed by atoms with E-state index < -0.39 is 0 Å². The third kappa shape index (κ3) is 3.05. The maximum atomic E-state index is 12.0. The summed E-state index contributed by atoms with van der Waals surface area (Å²) in [6.45, 7) is 0. The fraction of sp³-hybridized carbons (Fsp3) is 0.0769. The zero-order chi connectivity index (χ0) is 13.8. The number of benzene rings is 1. The van der Waals surface area contributed by atoms with Gasteiger partial charge in [-0.25, -0.2) is 0 Å². The van der Waals surface area contributed by atoms with Crippen LogP contribution in [0.5, 0.6) is 5.75 Å². The molecule has 0 aliphatic carbocycles. The number of rotatable bonds is 3. The predicted octanol–water partition coefficient (Wildman–Crippen LogP) is 3.53. The molecule has 0 fully saturated rings. The number of carbonyl (C=O) groups excluding carboxylic acids is 1. The highest BCUT2D eigenvalue weighted by molar-refractivity contribution is 7.18. The van der Waals surface area contributed by atoms with Crippen molar-refractivity contribution in [1.29, 1.82) is 5.26 Å². The third-order valence-electron chi connectivity index (χ3n) is 2.38. The quantitative estimate of drug-likeness (QED) is 0.941. The lowest BCUT2D eigenvalue weighted by atomic mass is 10.2. The summed E-state index contributed by atoms with van der Waals surface area (Å²) in [7, 11) is 1.48. The number of anilines is 1. The summed E-state index contributed by atoms with van der Waals surface area (Å²) >= 11 is 6.98. The molecular formula is C13H9ClN2O2S. The van der Waals surface area contributed by atoms with Crippen molar-refractivity contribution >= 4 is 34.5 Å².